The first-order chi connectivity index (χ1) is 7.74. The number of primary amides is 1. The molecule has 0 aliphatic carbocycles. The fraction of sp³-hybridized carbons (Fsp3) is 0.917. The molecule has 0 aromatic rings. The first kappa shape index (κ1) is 14.4. The average molecular weight is 242 g/mol. The Labute approximate surface area is 104 Å². The van der Waals surface area contributed by atoms with Gasteiger partial charge in [0.1, 0.15) is 0 Å². The fourth-order valence-electron chi connectivity index (χ4n) is 2.32. The number of rotatable bonds is 4. The lowest BCUT2D eigenvalue weighted by Gasteiger charge is -2.42. The molecule has 1 heterocycles. The van der Waals surface area contributed by atoms with Crippen molar-refractivity contribution >= 4 is 5.91 Å². The molecule has 1 saturated heterocycles. The summed E-state index contributed by atoms with van der Waals surface area (Å²) in [6.07, 6.45) is 0.610. The van der Waals surface area contributed by atoms with Gasteiger partial charge in [-0.2, -0.15) is 0 Å². The molecule has 0 aromatic heterocycles. The zero-order chi connectivity index (χ0) is 13.2. The normalized spacial score (nSPS) is 28.6. The van der Waals surface area contributed by atoms with Crippen LogP contribution in [0.15, 0.2) is 0 Å². The molecule has 100 valence electrons. The van der Waals surface area contributed by atoms with Crippen LogP contribution in [0.5, 0.6) is 0 Å². The van der Waals surface area contributed by atoms with Crippen LogP contribution in [0.3, 0.4) is 0 Å². The number of likely N-dealkylation sites (N-methyl/N-ethyl adjacent to an activating group) is 1. The lowest BCUT2D eigenvalue weighted by Crippen LogP contribution is -2.57. The van der Waals surface area contributed by atoms with Gasteiger partial charge in [-0.05, 0) is 34.2 Å². The lowest BCUT2D eigenvalue weighted by atomic mass is 9.93. The molecule has 0 bridgehead atoms. The third kappa shape index (κ3) is 3.66. The Kier molecular flexibility index (Phi) is 4.52. The molecule has 1 amide bonds. The molecule has 0 spiro atoms. The number of hydrogen-bond acceptors (Lipinski definition) is 4. The van der Waals surface area contributed by atoms with Gasteiger partial charge >= 0.3 is 0 Å². The molecule has 5 heteroatoms. The highest BCUT2D eigenvalue weighted by Gasteiger charge is 2.32. The summed E-state index contributed by atoms with van der Waals surface area (Å²) in [5.41, 5.74) is 10.3. The molecule has 1 aliphatic rings. The molecule has 0 radical (unpaired) electrons. The third-order valence-corrected chi connectivity index (χ3v) is 3.90. The van der Waals surface area contributed by atoms with Crippen LogP contribution in [0.2, 0.25) is 0 Å². The van der Waals surface area contributed by atoms with E-state index < -0.39 is 11.4 Å². The van der Waals surface area contributed by atoms with Crippen LogP contribution in [-0.2, 0) is 4.79 Å². The maximum Gasteiger partial charge on any atom is 0.237 e. The van der Waals surface area contributed by atoms with Gasteiger partial charge in [-0.15, -0.1) is 0 Å². The van der Waals surface area contributed by atoms with E-state index in [9.17, 15) is 4.79 Å². The van der Waals surface area contributed by atoms with Crippen molar-refractivity contribution in [3.63, 3.8) is 0 Å². The SMILES string of the molecule is CC1CN(C(C)CC(C)(N)C(N)=O)CCN1C. The van der Waals surface area contributed by atoms with Gasteiger partial charge in [0.05, 0.1) is 5.54 Å². The average Bonchev–Trinajstić information content (AvgIpc) is 2.21. The smallest absolute Gasteiger partial charge is 0.237 e. The standard InChI is InChI=1S/C12H26N4O/c1-9(7-12(3,14)11(13)17)16-6-5-15(4)10(2)8-16/h9-10H,5-8,14H2,1-4H3,(H2,13,17). The van der Waals surface area contributed by atoms with E-state index in [-0.39, 0.29) is 6.04 Å². The van der Waals surface area contributed by atoms with Crippen LogP contribution in [0.4, 0.5) is 0 Å². The van der Waals surface area contributed by atoms with Crippen LogP contribution >= 0.6 is 0 Å². The van der Waals surface area contributed by atoms with Crippen molar-refractivity contribution < 1.29 is 4.79 Å². The molecule has 1 rings (SSSR count). The zero-order valence-corrected chi connectivity index (χ0v) is 11.4. The van der Waals surface area contributed by atoms with Gasteiger partial charge in [0.2, 0.25) is 5.91 Å². The second-order valence-electron chi connectivity index (χ2n) is 5.66. The Morgan fingerprint density at radius 1 is 1.53 bits per heavy atom. The predicted octanol–water partition coefficient (Wildman–Crippen LogP) is -0.396. The number of hydrogen-bond donors (Lipinski definition) is 2. The van der Waals surface area contributed by atoms with E-state index in [1.54, 1.807) is 6.92 Å². The summed E-state index contributed by atoms with van der Waals surface area (Å²) in [4.78, 5) is 16.0. The molecule has 17 heavy (non-hydrogen) atoms. The summed E-state index contributed by atoms with van der Waals surface area (Å²) in [5, 5.41) is 0. The number of carbonyl (C=O) groups excluding carboxylic acids is 1. The second-order valence-corrected chi connectivity index (χ2v) is 5.66. The summed E-state index contributed by atoms with van der Waals surface area (Å²) in [7, 11) is 2.14. The van der Waals surface area contributed by atoms with Crippen molar-refractivity contribution in [3.8, 4) is 0 Å². The van der Waals surface area contributed by atoms with E-state index in [0.29, 0.717) is 12.5 Å². The highest BCUT2D eigenvalue weighted by atomic mass is 16.1. The molecule has 5 nitrogen and oxygen atoms in total. The van der Waals surface area contributed by atoms with Gasteiger partial charge in [-0.3, -0.25) is 9.69 Å². The number of carbonyl (C=O) groups is 1. The minimum Gasteiger partial charge on any atom is -0.368 e. The molecule has 3 unspecified atom stereocenters. The van der Waals surface area contributed by atoms with Crippen molar-refractivity contribution in [1.29, 1.82) is 0 Å². The minimum atomic E-state index is -0.911. The highest BCUT2D eigenvalue weighted by molar-refractivity contribution is 5.83. The summed E-state index contributed by atoms with van der Waals surface area (Å²) in [5.74, 6) is -0.425. The zero-order valence-electron chi connectivity index (χ0n) is 11.4. The van der Waals surface area contributed by atoms with Gasteiger partial charge in [-0.1, -0.05) is 0 Å². The first-order valence-electron chi connectivity index (χ1n) is 6.27. The quantitative estimate of drug-likeness (QED) is 0.703. The lowest BCUT2D eigenvalue weighted by molar-refractivity contribution is -0.123. The number of nitrogens with two attached hydrogens (primary N) is 2. The van der Waals surface area contributed by atoms with Gasteiger partial charge in [0.15, 0.2) is 0 Å². The van der Waals surface area contributed by atoms with E-state index in [2.05, 4.69) is 30.7 Å². The van der Waals surface area contributed by atoms with E-state index in [0.717, 1.165) is 19.6 Å². The topological polar surface area (TPSA) is 75.6 Å². The number of amides is 1. The number of nitrogens with zero attached hydrogens (tertiary/aromatic N) is 2. The maximum absolute atomic E-state index is 11.2. The van der Waals surface area contributed by atoms with E-state index in [1.165, 1.54) is 0 Å². The van der Waals surface area contributed by atoms with Crippen LogP contribution in [0.25, 0.3) is 0 Å². The molecule has 3 atom stereocenters. The molecule has 0 aromatic carbocycles. The van der Waals surface area contributed by atoms with Crippen molar-refractivity contribution in [2.75, 3.05) is 26.7 Å². The van der Waals surface area contributed by atoms with Gasteiger partial charge in [-0.25, -0.2) is 0 Å². The molecule has 1 aliphatic heterocycles. The first-order valence-corrected chi connectivity index (χ1v) is 6.27. The second kappa shape index (κ2) is 5.33. The fourth-order valence-corrected chi connectivity index (χ4v) is 2.32. The van der Waals surface area contributed by atoms with E-state index >= 15 is 0 Å². The minimum absolute atomic E-state index is 0.286. The van der Waals surface area contributed by atoms with Crippen LogP contribution < -0.4 is 11.5 Å². The van der Waals surface area contributed by atoms with Crippen LogP contribution in [0.1, 0.15) is 27.2 Å². The van der Waals surface area contributed by atoms with Crippen molar-refractivity contribution in [2.45, 2.75) is 44.8 Å². The van der Waals surface area contributed by atoms with Crippen LogP contribution in [0, 0.1) is 0 Å². The molecule has 0 saturated carbocycles. The van der Waals surface area contributed by atoms with Crippen molar-refractivity contribution in [3.05, 3.63) is 0 Å². The van der Waals surface area contributed by atoms with Crippen molar-refractivity contribution in [1.82, 2.24) is 9.80 Å². The van der Waals surface area contributed by atoms with Gasteiger partial charge < -0.3 is 16.4 Å². The Bertz CT molecular complexity index is 280. The molecule has 1 fully saturated rings. The highest BCUT2D eigenvalue weighted by Crippen LogP contribution is 2.17. The Morgan fingerprint density at radius 3 is 2.59 bits per heavy atom. The Hall–Kier alpha value is -0.650. The molecular weight excluding hydrogens is 216 g/mol. The Morgan fingerprint density at radius 2 is 2.12 bits per heavy atom. The predicted molar refractivity (Wildman–Crippen MR) is 69.5 cm³/mol. The van der Waals surface area contributed by atoms with Gasteiger partial charge in [0.25, 0.3) is 0 Å². The largest absolute Gasteiger partial charge is 0.368 e. The summed E-state index contributed by atoms with van der Waals surface area (Å²) in [6, 6.07) is 0.831. The van der Waals surface area contributed by atoms with Gasteiger partial charge in [0, 0.05) is 31.7 Å². The molecule has 4 N–H and O–H groups in total. The van der Waals surface area contributed by atoms with E-state index in [4.69, 9.17) is 11.5 Å². The van der Waals surface area contributed by atoms with Crippen LogP contribution in [-0.4, -0.2) is 60.0 Å². The van der Waals surface area contributed by atoms with E-state index in [1.807, 2.05) is 0 Å². The summed E-state index contributed by atoms with van der Waals surface area (Å²) < 4.78 is 0. The molecular formula is C12H26N4O. The monoisotopic (exact) mass is 242 g/mol. The van der Waals surface area contributed by atoms with Crippen molar-refractivity contribution in [2.24, 2.45) is 11.5 Å². The summed E-state index contributed by atoms with van der Waals surface area (Å²) >= 11 is 0. The third-order valence-electron chi connectivity index (χ3n) is 3.90. The number of piperazine rings is 1. The Balaban J connectivity index is 2.54. The summed E-state index contributed by atoms with van der Waals surface area (Å²) in [6.45, 7) is 9.15. The maximum atomic E-state index is 11.2.